The number of rotatable bonds is 53. The molecule has 1 heterocycles. The summed E-state index contributed by atoms with van der Waals surface area (Å²) in [5.74, 6) is -4.13. The van der Waals surface area contributed by atoms with Crippen molar-refractivity contribution in [2.75, 3.05) is 164 Å². The highest BCUT2D eigenvalue weighted by Gasteiger charge is 2.26. The van der Waals surface area contributed by atoms with Gasteiger partial charge in [-0.3, -0.25) is 43.3 Å². The fraction of sp³-hybridized carbons (Fsp3) is 0.721. The summed E-state index contributed by atoms with van der Waals surface area (Å²) in [5, 5.41) is 26.6. The number of carbonyl (C=O) groups excluding carboxylic acids is 9. The number of methoxy groups -OCH3 is 1. The Bertz CT molecular complexity index is 2280. The van der Waals surface area contributed by atoms with Gasteiger partial charge < -0.3 is 93.8 Å². The van der Waals surface area contributed by atoms with Crippen LogP contribution >= 0.6 is 0 Å². The van der Waals surface area contributed by atoms with Crippen molar-refractivity contribution in [3.05, 3.63) is 35.9 Å². The van der Waals surface area contributed by atoms with E-state index in [1.807, 2.05) is 0 Å². The van der Waals surface area contributed by atoms with Crippen molar-refractivity contribution >= 4 is 59.1 Å². The number of phenols is 1. The van der Waals surface area contributed by atoms with Gasteiger partial charge in [-0.05, 0) is 104 Å². The molecule has 90 heavy (non-hydrogen) atoms. The molecule has 2 atom stereocenters. The molecule has 1 aliphatic rings. The monoisotopic (exact) mass is 1280 g/mol. The number of ether oxygens (including phenoxy) is 12. The summed E-state index contributed by atoms with van der Waals surface area (Å²) in [6.07, 6.45) is 3.29. The van der Waals surface area contributed by atoms with E-state index in [-0.39, 0.29) is 108 Å². The topological polar surface area (TPSA) is 360 Å². The van der Waals surface area contributed by atoms with E-state index < -0.39 is 77.3 Å². The Labute approximate surface area is 528 Å². The van der Waals surface area contributed by atoms with Crippen LogP contribution in [-0.2, 0) is 102 Å². The summed E-state index contributed by atoms with van der Waals surface area (Å²) in [5.41, 5.74) is -0.826. The molecule has 2 rings (SSSR count). The number of phenolic OH excluding ortho intramolecular Hbond substituents is 1. The number of alkyl carbamates (subject to hydrolysis) is 1. The number of unbranched alkanes of at least 4 members (excludes halogenated alkanes) is 1. The summed E-state index contributed by atoms with van der Waals surface area (Å²) in [6.45, 7) is 17.8. The van der Waals surface area contributed by atoms with Gasteiger partial charge in [0.2, 0.25) is 29.5 Å². The van der Waals surface area contributed by atoms with E-state index in [2.05, 4.69) is 31.9 Å². The highest BCUT2D eigenvalue weighted by molar-refractivity contribution is 6.12. The summed E-state index contributed by atoms with van der Waals surface area (Å²) in [6, 6.07) is 2.91. The first-order valence-corrected chi connectivity index (χ1v) is 30.7. The normalized spacial score (nSPS) is 13.0. The SMILES string of the molecule is COCCOCCOCCOCCOCCOCCOCCOCCOCCOCC(=O)NCCCC[C@H](NC(=O)CCCN1C(=O)C=CC1=O)C(=O)NCCCC(=O)NCC(=O)Nc1cc(C[C@@H](CCC(=O)OC(C)(C)C)NC(=O)OC(C)(C)C)ccc1O. The van der Waals surface area contributed by atoms with Gasteiger partial charge in [-0.1, -0.05) is 6.07 Å². The smallest absolute Gasteiger partial charge is 0.407 e. The third-order valence-electron chi connectivity index (χ3n) is 12.2. The number of esters is 1. The number of carbonyl (C=O) groups is 9. The largest absolute Gasteiger partial charge is 0.506 e. The predicted octanol–water partition coefficient (Wildman–Crippen LogP) is 2.17. The number of anilines is 1. The molecule has 0 aliphatic carbocycles. The lowest BCUT2D eigenvalue weighted by Crippen LogP contribution is -2.47. The number of nitrogens with one attached hydrogen (secondary N) is 6. The van der Waals surface area contributed by atoms with E-state index in [0.29, 0.717) is 124 Å². The number of benzene rings is 1. The summed E-state index contributed by atoms with van der Waals surface area (Å²) >= 11 is 0. The Hall–Kier alpha value is -6.41. The molecule has 1 aromatic rings. The highest BCUT2D eigenvalue weighted by atomic mass is 16.6. The Morgan fingerprint density at radius 3 is 1.54 bits per heavy atom. The molecule has 0 saturated carbocycles. The zero-order chi connectivity index (χ0) is 66.3. The van der Waals surface area contributed by atoms with Crippen molar-refractivity contribution in [2.24, 2.45) is 0 Å². The summed E-state index contributed by atoms with van der Waals surface area (Å²) in [4.78, 5) is 115. The number of nitrogens with zero attached hydrogens (tertiary/aromatic N) is 1. The van der Waals surface area contributed by atoms with Crippen LogP contribution in [0, 0.1) is 0 Å². The highest BCUT2D eigenvalue weighted by Crippen LogP contribution is 2.26. The van der Waals surface area contributed by atoms with Crippen molar-refractivity contribution < 1.29 is 105 Å². The lowest BCUT2D eigenvalue weighted by molar-refractivity contribution is -0.155. The van der Waals surface area contributed by atoms with Crippen molar-refractivity contribution in [3.63, 3.8) is 0 Å². The standard InChI is InChI=1S/C61H101N7O22/c1-60(2,3)89-57(76)20-16-47(65-59(78)90-61(4,5)6)42-46-15-17-50(69)49(43-46)67-53(72)44-64-51(70)13-10-22-63-58(77)48(66-52(71)14-11-23-68-55(74)18-19-56(68)75)12-8-9-21-62-54(73)45-88-41-40-87-39-38-86-37-36-85-35-34-84-33-32-83-31-30-82-29-28-81-27-26-80-25-24-79-7/h15,17-19,43,47-48,69H,8-14,16,20-42,44-45H2,1-7H3,(H,62,73)(H,63,77)(H,64,70)(H,65,78)(H,66,71)(H,67,72)/t47-,48+/m1/s1. The van der Waals surface area contributed by atoms with Gasteiger partial charge in [0.25, 0.3) is 11.8 Å². The van der Waals surface area contributed by atoms with E-state index in [9.17, 15) is 48.3 Å². The maximum atomic E-state index is 13.4. The third-order valence-corrected chi connectivity index (χ3v) is 12.2. The van der Waals surface area contributed by atoms with Crippen molar-refractivity contribution in [2.45, 2.75) is 129 Å². The number of amides is 8. The molecule has 0 aromatic heterocycles. The number of imide groups is 1. The van der Waals surface area contributed by atoms with Crippen LogP contribution in [0.1, 0.15) is 105 Å². The van der Waals surface area contributed by atoms with Gasteiger partial charge in [0.15, 0.2) is 0 Å². The van der Waals surface area contributed by atoms with Crippen LogP contribution in [0.5, 0.6) is 5.75 Å². The van der Waals surface area contributed by atoms with Gasteiger partial charge >= 0.3 is 12.1 Å². The zero-order valence-corrected chi connectivity index (χ0v) is 53.8. The van der Waals surface area contributed by atoms with Crippen LogP contribution in [0.15, 0.2) is 30.4 Å². The first-order chi connectivity index (χ1) is 43.0. The van der Waals surface area contributed by atoms with E-state index in [1.165, 1.54) is 12.1 Å². The van der Waals surface area contributed by atoms with Crippen LogP contribution < -0.4 is 31.9 Å². The average Bonchev–Trinajstić information content (AvgIpc) is 3.12. The van der Waals surface area contributed by atoms with Gasteiger partial charge in [0.05, 0.1) is 131 Å². The Kier molecular flexibility index (Phi) is 42.8. The van der Waals surface area contributed by atoms with Crippen molar-refractivity contribution in [1.29, 1.82) is 0 Å². The Balaban J connectivity index is 1.65. The zero-order valence-electron chi connectivity index (χ0n) is 53.8. The molecule has 0 spiro atoms. The molecule has 7 N–H and O–H groups in total. The van der Waals surface area contributed by atoms with Crippen molar-refractivity contribution in [1.82, 2.24) is 31.5 Å². The van der Waals surface area contributed by atoms with E-state index in [0.717, 1.165) is 17.1 Å². The molecular weight excluding hydrogens is 1180 g/mol. The molecule has 29 heteroatoms. The minimum atomic E-state index is -0.982. The van der Waals surface area contributed by atoms with Gasteiger partial charge in [-0.15, -0.1) is 0 Å². The van der Waals surface area contributed by atoms with Gasteiger partial charge in [-0.2, -0.15) is 0 Å². The molecule has 0 fully saturated rings. The third kappa shape index (κ3) is 43.3. The molecule has 512 valence electrons. The maximum absolute atomic E-state index is 13.4. The van der Waals surface area contributed by atoms with Gasteiger partial charge in [0.1, 0.15) is 29.6 Å². The van der Waals surface area contributed by atoms with Gasteiger partial charge in [-0.25, -0.2) is 4.79 Å². The molecule has 1 aromatic carbocycles. The fourth-order valence-electron chi connectivity index (χ4n) is 7.93. The molecule has 0 radical (unpaired) electrons. The first kappa shape index (κ1) is 79.7. The maximum Gasteiger partial charge on any atom is 0.407 e. The number of aromatic hydroxyl groups is 1. The second kappa shape index (κ2) is 48.4. The van der Waals surface area contributed by atoms with Crippen LogP contribution in [0.4, 0.5) is 10.5 Å². The quantitative estimate of drug-likeness (QED) is 0.0213. The minimum Gasteiger partial charge on any atom is -0.506 e. The first-order valence-electron chi connectivity index (χ1n) is 30.7. The van der Waals surface area contributed by atoms with E-state index >= 15 is 0 Å². The summed E-state index contributed by atoms with van der Waals surface area (Å²) < 4.78 is 64.8. The molecule has 0 bridgehead atoms. The number of hydrogen-bond donors (Lipinski definition) is 7. The molecule has 8 amide bonds. The molecule has 0 unspecified atom stereocenters. The predicted molar refractivity (Wildman–Crippen MR) is 327 cm³/mol. The second-order valence-corrected chi connectivity index (χ2v) is 22.4. The lowest BCUT2D eigenvalue weighted by atomic mass is 10.0. The van der Waals surface area contributed by atoms with Crippen LogP contribution in [0.3, 0.4) is 0 Å². The number of hydrogen-bond acceptors (Lipinski definition) is 22. The lowest BCUT2D eigenvalue weighted by Gasteiger charge is -2.24. The van der Waals surface area contributed by atoms with E-state index in [4.69, 9.17) is 56.8 Å². The minimum absolute atomic E-state index is 0.000596. The van der Waals surface area contributed by atoms with Crippen LogP contribution in [0.2, 0.25) is 0 Å². The van der Waals surface area contributed by atoms with Crippen LogP contribution in [-0.4, -0.2) is 246 Å². The Morgan fingerprint density at radius 2 is 1.02 bits per heavy atom. The molecule has 0 saturated heterocycles. The van der Waals surface area contributed by atoms with E-state index in [1.54, 1.807) is 54.7 Å². The van der Waals surface area contributed by atoms with Crippen LogP contribution in [0.25, 0.3) is 0 Å². The molecule has 1 aliphatic heterocycles. The van der Waals surface area contributed by atoms with Gasteiger partial charge in [0, 0.05) is 64.2 Å². The molecular formula is C61H101N7O22. The fourth-order valence-corrected chi connectivity index (χ4v) is 7.93. The second-order valence-electron chi connectivity index (χ2n) is 22.4. The van der Waals surface area contributed by atoms with Crippen molar-refractivity contribution in [3.8, 4) is 5.75 Å². The molecule has 29 nitrogen and oxygen atoms in total. The average molecular weight is 1280 g/mol. The Morgan fingerprint density at radius 1 is 0.522 bits per heavy atom. The summed E-state index contributed by atoms with van der Waals surface area (Å²) in [7, 11) is 1.63.